The van der Waals surface area contributed by atoms with Crippen LogP contribution < -0.4 is 11.1 Å². The highest BCUT2D eigenvalue weighted by Gasteiger charge is 1.91. The van der Waals surface area contributed by atoms with Gasteiger partial charge in [-0.2, -0.15) is 0 Å². The normalized spacial score (nSPS) is 7.50. The Bertz CT molecular complexity index is 129. The summed E-state index contributed by atoms with van der Waals surface area (Å²) in [7, 11) is 0. The van der Waals surface area contributed by atoms with Gasteiger partial charge in [-0.3, -0.25) is 15.5 Å². The molecule has 4 heteroatoms. The number of hydrogen-bond acceptors (Lipinski definition) is 2. The summed E-state index contributed by atoms with van der Waals surface area (Å²) in [6.45, 7) is 3.02. The van der Waals surface area contributed by atoms with Crippen molar-refractivity contribution < 1.29 is 4.79 Å². The standard InChI is InChI=1S/C4H6N3O/c1-2-3(8)7-4(5)6/h1H2,(H4,5,6,7,8). The first-order chi connectivity index (χ1) is 3.66. The molecule has 4 nitrogen and oxygen atoms in total. The van der Waals surface area contributed by atoms with Gasteiger partial charge in [0.1, 0.15) is 0 Å². The Hall–Kier alpha value is -1.32. The lowest BCUT2D eigenvalue weighted by Crippen LogP contribution is -2.34. The van der Waals surface area contributed by atoms with Gasteiger partial charge in [0.05, 0.1) is 0 Å². The smallest absolute Gasteiger partial charge is 0.258 e. The van der Waals surface area contributed by atoms with Crippen LogP contribution in [0.4, 0.5) is 0 Å². The molecule has 0 heterocycles. The van der Waals surface area contributed by atoms with Crippen molar-refractivity contribution in [3.05, 3.63) is 12.7 Å². The molecule has 0 aliphatic carbocycles. The molecule has 0 unspecified atom stereocenters. The van der Waals surface area contributed by atoms with Gasteiger partial charge in [-0.25, -0.2) is 0 Å². The van der Waals surface area contributed by atoms with Gasteiger partial charge < -0.3 is 5.73 Å². The number of nitrogens with one attached hydrogen (secondary N) is 2. The highest BCUT2D eigenvalue weighted by molar-refractivity contribution is 5.97. The Morgan fingerprint density at radius 3 is 2.50 bits per heavy atom. The lowest BCUT2D eigenvalue weighted by atomic mass is 10.6. The molecule has 1 amide bonds. The van der Waals surface area contributed by atoms with Crippen LogP contribution in [0.5, 0.6) is 0 Å². The number of hydrogen-bond donors (Lipinski definition) is 3. The van der Waals surface area contributed by atoms with E-state index in [-0.39, 0.29) is 0 Å². The summed E-state index contributed by atoms with van der Waals surface area (Å²) in [6, 6.07) is 0. The zero-order valence-electron chi connectivity index (χ0n) is 4.19. The van der Waals surface area contributed by atoms with Crippen molar-refractivity contribution in [1.29, 1.82) is 5.41 Å². The van der Waals surface area contributed by atoms with Crippen molar-refractivity contribution in [3.8, 4) is 0 Å². The summed E-state index contributed by atoms with van der Waals surface area (Å²) in [4.78, 5) is 10.1. The summed E-state index contributed by atoms with van der Waals surface area (Å²) in [5, 5.41) is 8.45. The molecule has 1 radical (unpaired) electrons. The van der Waals surface area contributed by atoms with Gasteiger partial charge in [-0.1, -0.05) is 6.58 Å². The third-order valence-corrected chi connectivity index (χ3v) is 0.409. The van der Waals surface area contributed by atoms with Crippen molar-refractivity contribution in [3.63, 3.8) is 0 Å². The Kier molecular flexibility index (Phi) is 2.33. The van der Waals surface area contributed by atoms with E-state index in [2.05, 4.69) is 6.58 Å². The molecule has 0 fully saturated rings. The number of nitrogens with two attached hydrogens (primary N) is 1. The molecular formula is C4H6N3O. The molecule has 0 saturated heterocycles. The van der Waals surface area contributed by atoms with Gasteiger partial charge in [-0.05, 0) is 0 Å². The number of amides is 1. The predicted molar refractivity (Wildman–Crippen MR) is 28.9 cm³/mol. The van der Waals surface area contributed by atoms with E-state index in [0.717, 1.165) is 0 Å². The Labute approximate surface area is 46.9 Å². The fraction of sp³-hybridized carbons (Fsp3) is 0. The minimum atomic E-state index is -0.586. The van der Waals surface area contributed by atoms with Crippen LogP contribution in [0.1, 0.15) is 0 Å². The van der Waals surface area contributed by atoms with Gasteiger partial charge in [0, 0.05) is 6.08 Å². The van der Waals surface area contributed by atoms with Crippen molar-refractivity contribution in [2.75, 3.05) is 0 Å². The molecule has 0 aliphatic rings. The Morgan fingerprint density at radius 1 is 1.88 bits per heavy atom. The van der Waals surface area contributed by atoms with Crippen LogP contribution in [0.2, 0.25) is 0 Å². The van der Waals surface area contributed by atoms with Crippen molar-refractivity contribution in [2.45, 2.75) is 0 Å². The molecule has 0 spiro atoms. The maximum Gasteiger partial charge on any atom is 0.258 e. The summed E-state index contributed by atoms with van der Waals surface area (Å²) >= 11 is 0. The fourth-order valence-corrected chi connectivity index (χ4v) is 0.167. The van der Waals surface area contributed by atoms with Crippen LogP contribution in [0.25, 0.3) is 0 Å². The third kappa shape index (κ3) is 2.89. The maximum atomic E-state index is 10.1. The molecule has 0 saturated carbocycles. The zero-order chi connectivity index (χ0) is 6.57. The van der Waals surface area contributed by atoms with Crippen LogP contribution in [0.3, 0.4) is 0 Å². The Morgan fingerprint density at radius 2 is 2.38 bits per heavy atom. The lowest BCUT2D eigenvalue weighted by molar-refractivity contribution is -0.115. The molecule has 0 atom stereocenters. The minimum Gasteiger partial charge on any atom is -0.370 e. The SMILES string of the molecule is C=[C]C(=O)NC(=N)N. The first-order valence-corrected chi connectivity index (χ1v) is 1.85. The van der Waals surface area contributed by atoms with Crippen LogP contribution in [0.15, 0.2) is 6.58 Å². The highest BCUT2D eigenvalue weighted by atomic mass is 16.1. The largest absolute Gasteiger partial charge is 0.370 e. The second kappa shape index (κ2) is 2.79. The van der Waals surface area contributed by atoms with E-state index in [1.807, 2.05) is 11.4 Å². The second-order valence-corrected chi connectivity index (χ2v) is 1.04. The number of carbonyl (C=O) groups excluding carboxylic acids is 1. The fourth-order valence-electron chi connectivity index (χ4n) is 0.167. The van der Waals surface area contributed by atoms with E-state index in [1.54, 1.807) is 0 Å². The topological polar surface area (TPSA) is 79.0 Å². The molecule has 0 aliphatic heterocycles. The van der Waals surface area contributed by atoms with Crippen LogP contribution >= 0.6 is 0 Å². The Balaban J connectivity index is 3.55. The molecule has 0 aromatic heterocycles. The summed E-state index contributed by atoms with van der Waals surface area (Å²) in [5.74, 6) is -0.983. The minimum absolute atomic E-state index is 0.397. The molecule has 43 valence electrons. The molecule has 8 heavy (non-hydrogen) atoms. The number of rotatable bonds is 1. The first kappa shape index (κ1) is 6.68. The van der Waals surface area contributed by atoms with Gasteiger partial charge in [0.25, 0.3) is 5.91 Å². The summed E-state index contributed by atoms with van der Waals surface area (Å²) in [5.41, 5.74) is 4.75. The monoisotopic (exact) mass is 112 g/mol. The molecule has 0 rings (SSSR count). The predicted octanol–water partition coefficient (Wildman–Crippen LogP) is -1.01. The molecule has 0 bridgehead atoms. The molecular weight excluding hydrogens is 106 g/mol. The van der Waals surface area contributed by atoms with Gasteiger partial charge in [0.2, 0.25) is 0 Å². The van der Waals surface area contributed by atoms with E-state index < -0.39 is 11.9 Å². The average molecular weight is 112 g/mol. The summed E-state index contributed by atoms with van der Waals surface area (Å²) < 4.78 is 0. The molecule has 0 aromatic rings. The van der Waals surface area contributed by atoms with Crippen molar-refractivity contribution >= 4 is 11.9 Å². The van der Waals surface area contributed by atoms with Crippen LogP contribution in [0, 0.1) is 11.5 Å². The first-order valence-electron chi connectivity index (χ1n) is 1.85. The average Bonchev–Trinajstić information content (AvgIpc) is 1.65. The maximum absolute atomic E-state index is 10.1. The van der Waals surface area contributed by atoms with Gasteiger partial charge in [-0.15, -0.1) is 0 Å². The van der Waals surface area contributed by atoms with Crippen molar-refractivity contribution in [1.82, 2.24) is 5.32 Å². The van der Waals surface area contributed by atoms with E-state index >= 15 is 0 Å². The third-order valence-electron chi connectivity index (χ3n) is 0.409. The van der Waals surface area contributed by atoms with Gasteiger partial charge in [0.15, 0.2) is 5.96 Å². The van der Waals surface area contributed by atoms with Crippen LogP contribution in [-0.4, -0.2) is 11.9 Å². The molecule has 0 aromatic carbocycles. The zero-order valence-corrected chi connectivity index (χ0v) is 4.19. The van der Waals surface area contributed by atoms with E-state index in [9.17, 15) is 4.79 Å². The van der Waals surface area contributed by atoms with E-state index in [4.69, 9.17) is 11.1 Å². The lowest BCUT2D eigenvalue weighted by Gasteiger charge is -1.92. The van der Waals surface area contributed by atoms with Crippen LogP contribution in [-0.2, 0) is 4.79 Å². The second-order valence-electron chi connectivity index (χ2n) is 1.04. The highest BCUT2D eigenvalue weighted by Crippen LogP contribution is 1.59. The van der Waals surface area contributed by atoms with E-state index in [1.165, 1.54) is 0 Å². The van der Waals surface area contributed by atoms with Crippen molar-refractivity contribution in [2.24, 2.45) is 5.73 Å². The quantitative estimate of drug-likeness (QED) is 0.231. The number of guanidine groups is 1. The van der Waals surface area contributed by atoms with Gasteiger partial charge >= 0.3 is 0 Å². The number of carbonyl (C=O) groups is 1. The summed E-state index contributed by atoms with van der Waals surface area (Å²) in [6.07, 6.45) is 1.98. The molecule has 4 N–H and O–H groups in total. The van der Waals surface area contributed by atoms with E-state index in [0.29, 0.717) is 0 Å².